The molecule has 0 fully saturated rings. The standard InChI is InChI=1S/C19H30O2/c1-15(2)21-13-9-7-8-10-16-14-17(19(3,4)5)11-12-18(16)20-6/h8,10-12,14-15H,7,9,13H2,1-6H3/b10-8+. The minimum absolute atomic E-state index is 0.153. The van der Waals surface area contributed by atoms with Crippen molar-refractivity contribution in [1.82, 2.24) is 0 Å². The summed E-state index contributed by atoms with van der Waals surface area (Å²) >= 11 is 0. The summed E-state index contributed by atoms with van der Waals surface area (Å²) in [4.78, 5) is 0. The fraction of sp³-hybridized carbons (Fsp3) is 0.579. The molecule has 0 saturated carbocycles. The molecule has 21 heavy (non-hydrogen) atoms. The number of ether oxygens (including phenoxy) is 2. The second-order valence-electron chi connectivity index (χ2n) is 6.67. The van der Waals surface area contributed by atoms with Crippen LogP contribution in [-0.2, 0) is 10.2 Å². The van der Waals surface area contributed by atoms with Crippen molar-refractivity contribution in [3.63, 3.8) is 0 Å². The summed E-state index contributed by atoms with van der Waals surface area (Å²) in [5.41, 5.74) is 2.63. The van der Waals surface area contributed by atoms with Gasteiger partial charge in [0.1, 0.15) is 5.75 Å². The van der Waals surface area contributed by atoms with Crippen molar-refractivity contribution in [2.24, 2.45) is 0 Å². The van der Waals surface area contributed by atoms with Crippen LogP contribution >= 0.6 is 0 Å². The monoisotopic (exact) mass is 290 g/mol. The third kappa shape index (κ3) is 6.34. The third-order valence-electron chi connectivity index (χ3n) is 3.36. The maximum atomic E-state index is 5.54. The SMILES string of the molecule is COc1ccc(C(C)(C)C)cc1/C=C/CCCOC(C)C. The molecule has 2 heteroatoms. The zero-order valence-electron chi connectivity index (χ0n) is 14.4. The van der Waals surface area contributed by atoms with Crippen molar-refractivity contribution in [2.75, 3.05) is 13.7 Å². The largest absolute Gasteiger partial charge is 0.496 e. The lowest BCUT2D eigenvalue weighted by molar-refractivity contribution is 0.0775. The summed E-state index contributed by atoms with van der Waals surface area (Å²) in [6, 6.07) is 6.43. The molecule has 118 valence electrons. The molecule has 0 aliphatic carbocycles. The third-order valence-corrected chi connectivity index (χ3v) is 3.36. The summed E-state index contributed by atoms with van der Waals surface area (Å²) in [6.07, 6.45) is 6.75. The topological polar surface area (TPSA) is 18.5 Å². The van der Waals surface area contributed by atoms with E-state index in [4.69, 9.17) is 9.47 Å². The van der Waals surface area contributed by atoms with Crippen LogP contribution in [-0.4, -0.2) is 19.8 Å². The van der Waals surface area contributed by atoms with E-state index in [-0.39, 0.29) is 5.41 Å². The van der Waals surface area contributed by atoms with Crippen molar-refractivity contribution in [3.8, 4) is 5.75 Å². The van der Waals surface area contributed by atoms with Gasteiger partial charge in [0.15, 0.2) is 0 Å². The quantitative estimate of drug-likeness (QED) is 0.642. The van der Waals surface area contributed by atoms with E-state index in [0.717, 1.165) is 30.8 Å². The van der Waals surface area contributed by atoms with Crippen LogP contribution in [0.15, 0.2) is 24.3 Å². The number of allylic oxidation sites excluding steroid dienone is 1. The summed E-state index contributed by atoms with van der Waals surface area (Å²) in [7, 11) is 1.72. The molecule has 0 aromatic heterocycles. The summed E-state index contributed by atoms with van der Waals surface area (Å²) < 4.78 is 11.0. The van der Waals surface area contributed by atoms with E-state index in [1.165, 1.54) is 5.56 Å². The van der Waals surface area contributed by atoms with Crippen LogP contribution in [0.25, 0.3) is 6.08 Å². The smallest absolute Gasteiger partial charge is 0.126 e. The first-order valence-corrected chi connectivity index (χ1v) is 7.81. The lowest BCUT2D eigenvalue weighted by atomic mass is 9.86. The van der Waals surface area contributed by atoms with Gasteiger partial charge in [-0.15, -0.1) is 0 Å². The highest BCUT2D eigenvalue weighted by atomic mass is 16.5. The maximum Gasteiger partial charge on any atom is 0.126 e. The lowest BCUT2D eigenvalue weighted by Crippen LogP contribution is -2.11. The van der Waals surface area contributed by atoms with E-state index >= 15 is 0 Å². The zero-order valence-corrected chi connectivity index (χ0v) is 14.4. The minimum atomic E-state index is 0.153. The second kappa shape index (κ2) is 8.23. The highest BCUT2D eigenvalue weighted by Crippen LogP contribution is 2.28. The van der Waals surface area contributed by atoms with E-state index in [1.807, 2.05) is 0 Å². The van der Waals surface area contributed by atoms with Crippen molar-refractivity contribution >= 4 is 6.08 Å². The Balaban J connectivity index is 2.67. The van der Waals surface area contributed by atoms with Crippen LogP contribution in [0, 0.1) is 0 Å². The van der Waals surface area contributed by atoms with Crippen LogP contribution in [0.4, 0.5) is 0 Å². The number of hydrogen-bond acceptors (Lipinski definition) is 2. The number of hydrogen-bond donors (Lipinski definition) is 0. The first-order chi connectivity index (χ1) is 9.84. The van der Waals surface area contributed by atoms with Crippen molar-refractivity contribution in [2.45, 2.75) is 59.0 Å². The molecule has 0 N–H and O–H groups in total. The van der Waals surface area contributed by atoms with E-state index in [9.17, 15) is 0 Å². The molecular formula is C19H30O2. The van der Waals surface area contributed by atoms with E-state index < -0.39 is 0 Å². The Kier molecular flexibility index (Phi) is 6.97. The Bertz CT molecular complexity index is 453. The first kappa shape index (κ1) is 17.8. The maximum absolute atomic E-state index is 5.54. The van der Waals surface area contributed by atoms with Crippen LogP contribution in [0.1, 0.15) is 58.6 Å². The van der Waals surface area contributed by atoms with Gasteiger partial charge in [-0.25, -0.2) is 0 Å². The Hall–Kier alpha value is -1.28. The molecule has 0 atom stereocenters. The van der Waals surface area contributed by atoms with Gasteiger partial charge >= 0.3 is 0 Å². The van der Waals surface area contributed by atoms with Gasteiger partial charge in [0.25, 0.3) is 0 Å². The molecule has 2 nitrogen and oxygen atoms in total. The molecule has 1 rings (SSSR count). The normalized spacial score (nSPS) is 12.3. The molecule has 0 spiro atoms. The molecule has 0 saturated heterocycles. The van der Waals surface area contributed by atoms with Crippen LogP contribution in [0.2, 0.25) is 0 Å². The molecule has 0 heterocycles. The van der Waals surface area contributed by atoms with Gasteiger partial charge in [-0.2, -0.15) is 0 Å². The summed E-state index contributed by atoms with van der Waals surface area (Å²) in [5, 5.41) is 0. The fourth-order valence-electron chi connectivity index (χ4n) is 2.06. The molecule has 0 radical (unpaired) electrons. The van der Waals surface area contributed by atoms with Crippen molar-refractivity contribution in [3.05, 3.63) is 35.4 Å². The van der Waals surface area contributed by atoms with Crippen LogP contribution < -0.4 is 4.74 Å². The molecule has 0 bridgehead atoms. The van der Waals surface area contributed by atoms with Crippen LogP contribution in [0.3, 0.4) is 0 Å². The number of rotatable bonds is 7. The van der Waals surface area contributed by atoms with Gasteiger partial charge < -0.3 is 9.47 Å². The second-order valence-corrected chi connectivity index (χ2v) is 6.67. The van der Waals surface area contributed by atoms with E-state index in [2.05, 4.69) is 65.0 Å². The highest BCUT2D eigenvalue weighted by molar-refractivity contribution is 5.59. The molecule has 0 amide bonds. The molecule has 0 aliphatic rings. The van der Waals surface area contributed by atoms with Gasteiger partial charge in [-0.3, -0.25) is 0 Å². The van der Waals surface area contributed by atoms with E-state index in [0.29, 0.717) is 6.10 Å². The lowest BCUT2D eigenvalue weighted by Gasteiger charge is -2.20. The predicted molar refractivity (Wildman–Crippen MR) is 91.1 cm³/mol. The predicted octanol–water partition coefficient (Wildman–Crippen LogP) is 5.21. The van der Waals surface area contributed by atoms with Gasteiger partial charge in [0.2, 0.25) is 0 Å². The fourth-order valence-corrected chi connectivity index (χ4v) is 2.06. The van der Waals surface area contributed by atoms with Crippen molar-refractivity contribution in [1.29, 1.82) is 0 Å². The molecule has 1 aromatic carbocycles. The Morgan fingerprint density at radius 3 is 2.48 bits per heavy atom. The van der Waals surface area contributed by atoms with Gasteiger partial charge in [-0.1, -0.05) is 39.0 Å². The Morgan fingerprint density at radius 2 is 1.90 bits per heavy atom. The van der Waals surface area contributed by atoms with Crippen molar-refractivity contribution < 1.29 is 9.47 Å². The van der Waals surface area contributed by atoms with E-state index in [1.54, 1.807) is 7.11 Å². The summed E-state index contributed by atoms with van der Waals surface area (Å²) in [5.74, 6) is 0.928. The zero-order chi connectivity index (χ0) is 15.9. The number of methoxy groups -OCH3 is 1. The van der Waals surface area contributed by atoms with Gasteiger partial charge in [0.05, 0.1) is 13.2 Å². The Labute approximate surface area is 130 Å². The number of benzene rings is 1. The molecule has 1 aromatic rings. The summed E-state index contributed by atoms with van der Waals surface area (Å²) in [6.45, 7) is 11.6. The highest BCUT2D eigenvalue weighted by Gasteiger charge is 2.14. The average molecular weight is 290 g/mol. The Morgan fingerprint density at radius 1 is 1.19 bits per heavy atom. The van der Waals surface area contributed by atoms with Crippen LogP contribution in [0.5, 0.6) is 5.75 Å². The van der Waals surface area contributed by atoms with Gasteiger partial charge in [0, 0.05) is 12.2 Å². The molecule has 0 unspecified atom stereocenters. The molecular weight excluding hydrogens is 260 g/mol. The average Bonchev–Trinajstić information content (AvgIpc) is 2.41. The van der Waals surface area contributed by atoms with Gasteiger partial charge in [-0.05, 0) is 49.8 Å². The number of unbranched alkanes of at least 4 members (excludes halogenated alkanes) is 1. The first-order valence-electron chi connectivity index (χ1n) is 7.81. The molecule has 0 aliphatic heterocycles. The minimum Gasteiger partial charge on any atom is -0.496 e.